The highest BCUT2D eigenvalue weighted by molar-refractivity contribution is 9.10. The van der Waals surface area contributed by atoms with Crippen LogP contribution in [0.3, 0.4) is 0 Å². The number of carbonyl (C=O) groups is 1. The lowest BCUT2D eigenvalue weighted by molar-refractivity contribution is -0.157. The van der Waals surface area contributed by atoms with Gasteiger partial charge in [-0.1, -0.05) is 30.3 Å². The SMILES string of the molecule is CCOC(=O)[C@](F)(Br)[C@@H](COCc1ccccc1)O[Si](C)(C)C. The Balaban J connectivity index is 2.74. The molecule has 0 amide bonds. The van der Waals surface area contributed by atoms with Crippen molar-refractivity contribution in [3.8, 4) is 0 Å². The number of rotatable bonds is 9. The largest absolute Gasteiger partial charge is 0.463 e. The van der Waals surface area contributed by atoms with Gasteiger partial charge in [0.25, 0.3) is 4.58 Å². The van der Waals surface area contributed by atoms with Crippen LogP contribution in [0.15, 0.2) is 30.3 Å². The molecule has 130 valence electrons. The number of benzene rings is 1. The van der Waals surface area contributed by atoms with E-state index in [-0.39, 0.29) is 13.2 Å². The average molecular weight is 407 g/mol. The fourth-order valence-electron chi connectivity index (χ4n) is 1.86. The Labute approximate surface area is 146 Å². The highest BCUT2D eigenvalue weighted by atomic mass is 79.9. The molecule has 0 aliphatic carbocycles. The molecule has 23 heavy (non-hydrogen) atoms. The normalized spacial score (nSPS) is 15.7. The first kappa shape index (κ1) is 20.3. The zero-order valence-corrected chi connectivity index (χ0v) is 16.6. The third kappa shape index (κ3) is 7.11. The Morgan fingerprint density at radius 3 is 2.43 bits per heavy atom. The number of alkyl halides is 2. The smallest absolute Gasteiger partial charge is 0.358 e. The first-order valence-electron chi connectivity index (χ1n) is 7.51. The second-order valence-corrected chi connectivity index (χ2v) is 11.7. The summed E-state index contributed by atoms with van der Waals surface area (Å²) >= 11 is 2.83. The third-order valence-corrected chi connectivity index (χ3v) is 4.65. The minimum atomic E-state index is -2.43. The predicted octanol–water partition coefficient (Wildman–Crippen LogP) is 4.05. The minimum absolute atomic E-state index is 0.0558. The van der Waals surface area contributed by atoms with Gasteiger partial charge in [0.2, 0.25) is 0 Å². The average Bonchev–Trinajstić information content (AvgIpc) is 2.46. The van der Waals surface area contributed by atoms with Crippen LogP contribution in [0.2, 0.25) is 19.6 Å². The summed E-state index contributed by atoms with van der Waals surface area (Å²) in [5.74, 6) is -0.994. The Kier molecular flexibility index (Phi) is 7.86. The maximum atomic E-state index is 14.9. The van der Waals surface area contributed by atoms with Gasteiger partial charge in [-0.15, -0.1) is 0 Å². The van der Waals surface area contributed by atoms with Gasteiger partial charge < -0.3 is 13.9 Å². The van der Waals surface area contributed by atoms with Crippen LogP contribution in [0.25, 0.3) is 0 Å². The summed E-state index contributed by atoms with van der Waals surface area (Å²) in [5.41, 5.74) is 0.967. The summed E-state index contributed by atoms with van der Waals surface area (Å²) in [5, 5.41) is 0. The zero-order valence-electron chi connectivity index (χ0n) is 14.0. The maximum Gasteiger partial charge on any atom is 0.358 e. The van der Waals surface area contributed by atoms with Crippen molar-refractivity contribution in [2.45, 2.75) is 43.9 Å². The lowest BCUT2D eigenvalue weighted by Crippen LogP contribution is -2.49. The van der Waals surface area contributed by atoms with Crippen molar-refractivity contribution in [1.29, 1.82) is 0 Å². The minimum Gasteiger partial charge on any atom is -0.463 e. The first-order chi connectivity index (χ1) is 10.7. The molecular formula is C16H24BrFO4Si. The van der Waals surface area contributed by atoms with Gasteiger partial charge in [0.15, 0.2) is 8.32 Å². The van der Waals surface area contributed by atoms with E-state index in [0.717, 1.165) is 5.56 Å². The molecule has 1 aromatic carbocycles. The van der Waals surface area contributed by atoms with Crippen LogP contribution < -0.4 is 0 Å². The fraction of sp³-hybridized carbons (Fsp3) is 0.562. The predicted molar refractivity (Wildman–Crippen MR) is 93.7 cm³/mol. The third-order valence-electron chi connectivity index (χ3n) is 2.83. The molecule has 0 radical (unpaired) electrons. The van der Waals surface area contributed by atoms with Crippen molar-refractivity contribution < 1.29 is 23.1 Å². The number of hydrogen-bond acceptors (Lipinski definition) is 4. The molecule has 0 spiro atoms. The molecule has 1 aromatic rings. The Morgan fingerprint density at radius 1 is 1.30 bits per heavy atom. The molecule has 0 bridgehead atoms. The van der Waals surface area contributed by atoms with Gasteiger partial charge in [0.1, 0.15) is 6.10 Å². The first-order valence-corrected chi connectivity index (χ1v) is 11.7. The molecule has 0 fully saturated rings. The summed E-state index contributed by atoms with van der Waals surface area (Å²) in [7, 11) is -2.09. The molecule has 0 saturated heterocycles. The standard InChI is InChI=1S/C16H24BrFO4Si/c1-5-21-15(19)16(17,18)14(22-23(2,3)4)12-20-11-13-9-7-6-8-10-13/h6-10,14H,5,11-12H2,1-4H3/t14-,16+/m1/s1. The maximum absolute atomic E-state index is 14.9. The molecule has 7 heteroatoms. The summed E-state index contributed by atoms with van der Waals surface area (Å²) in [6.45, 7) is 7.75. The molecule has 2 atom stereocenters. The number of esters is 1. The van der Waals surface area contributed by atoms with Crippen LogP contribution >= 0.6 is 15.9 Å². The second-order valence-electron chi connectivity index (χ2n) is 6.06. The van der Waals surface area contributed by atoms with Crippen LogP contribution in [0, 0.1) is 0 Å². The zero-order chi connectivity index (χ0) is 17.5. The van der Waals surface area contributed by atoms with Crippen LogP contribution in [0.5, 0.6) is 0 Å². The summed E-state index contributed by atoms with van der Waals surface area (Å²) < 4.78 is 28.6. The summed E-state index contributed by atoms with van der Waals surface area (Å²) in [4.78, 5) is 11.9. The van der Waals surface area contributed by atoms with Crippen molar-refractivity contribution in [3.63, 3.8) is 0 Å². The van der Waals surface area contributed by atoms with Crippen molar-refractivity contribution in [3.05, 3.63) is 35.9 Å². The van der Waals surface area contributed by atoms with Gasteiger partial charge in [0.05, 0.1) is 19.8 Å². The van der Waals surface area contributed by atoms with Crippen LogP contribution in [0.1, 0.15) is 12.5 Å². The number of carbonyl (C=O) groups excluding carboxylic acids is 1. The highest BCUT2D eigenvalue weighted by Crippen LogP contribution is 2.31. The summed E-state index contributed by atoms with van der Waals surface area (Å²) in [6, 6.07) is 9.54. The topological polar surface area (TPSA) is 44.8 Å². The monoisotopic (exact) mass is 406 g/mol. The van der Waals surface area contributed by atoms with E-state index in [2.05, 4.69) is 15.9 Å². The number of halogens is 2. The fourth-order valence-corrected chi connectivity index (χ4v) is 3.45. The van der Waals surface area contributed by atoms with Crippen molar-refractivity contribution in [2.24, 2.45) is 0 Å². The van der Waals surface area contributed by atoms with Gasteiger partial charge in [0, 0.05) is 0 Å². The second kappa shape index (κ2) is 8.91. The van der Waals surface area contributed by atoms with E-state index in [1.54, 1.807) is 6.92 Å². The van der Waals surface area contributed by atoms with Crippen LogP contribution in [-0.4, -0.2) is 38.2 Å². The Bertz CT molecular complexity index is 491. The highest BCUT2D eigenvalue weighted by Gasteiger charge is 2.48. The Hall–Kier alpha value is -0.763. The molecular weight excluding hydrogens is 383 g/mol. The molecule has 0 aromatic heterocycles. The van der Waals surface area contributed by atoms with E-state index in [4.69, 9.17) is 13.9 Å². The Morgan fingerprint density at radius 2 is 1.91 bits per heavy atom. The molecule has 0 aliphatic rings. The van der Waals surface area contributed by atoms with Crippen LogP contribution in [0.4, 0.5) is 4.39 Å². The lowest BCUT2D eigenvalue weighted by atomic mass is 10.2. The molecule has 0 unspecified atom stereocenters. The van der Waals surface area contributed by atoms with Gasteiger partial charge in [-0.3, -0.25) is 0 Å². The molecule has 4 nitrogen and oxygen atoms in total. The quantitative estimate of drug-likeness (QED) is 0.352. The molecule has 0 N–H and O–H groups in total. The molecule has 0 aliphatic heterocycles. The van der Waals surface area contributed by atoms with Crippen molar-refractivity contribution in [1.82, 2.24) is 0 Å². The van der Waals surface area contributed by atoms with E-state index in [1.165, 1.54) is 0 Å². The van der Waals surface area contributed by atoms with E-state index in [9.17, 15) is 9.18 Å². The van der Waals surface area contributed by atoms with E-state index < -0.39 is 25.0 Å². The van der Waals surface area contributed by atoms with Gasteiger partial charge in [-0.25, -0.2) is 9.18 Å². The van der Waals surface area contributed by atoms with Crippen molar-refractivity contribution in [2.75, 3.05) is 13.2 Å². The van der Waals surface area contributed by atoms with Crippen LogP contribution in [-0.2, 0) is 25.3 Å². The summed E-state index contributed by atoms with van der Waals surface area (Å²) in [6.07, 6.45) is -1.07. The number of ether oxygens (including phenoxy) is 2. The van der Waals surface area contributed by atoms with Gasteiger partial charge >= 0.3 is 5.97 Å². The van der Waals surface area contributed by atoms with E-state index in [0.29, 0.717) is 6.61 Å². The molecule has 1 rings (SSSR count). The lowest BCUT2D eigenvalue weighted by Gasteiger charge is -2.32. The molecule has 0 saturated carbocycles. The van der Waals surface area contributed by atoms with Gasteiger partial charge in [-0.2, -0.15) is 0 Å². The van der Waals surface area contributed by atoms with E-state index in [1.807, 2.05) is 50.0 Å². The van der Waals surface area contributed by atoms with Crippen molar-refractivity contribution >= 4 is 30.2 Å². The molecule has 0 heterocycles. The number of hydrogen-bond donors (Lipinski definition) is 0. The van der Waals surface area contributed by atoms with Gasteiger partial charge in [-0.05, 0) is 48.1 Å². The van der Waals surface area contributed by atoms with E-state index >= 15 is 0 Å².